The Morgan fingerprint density at radius 3 is 2.36 bits per heavy atom. The highest BCUT2D eigenvalue weighted by atomic mass is 35.5. The minimum Gasteiger partial charge on any atom is -0.360 e. The van der Waals surface area contributed by atoms with Gasteiger partial charge in [0.25, 0.3) is 11.8 Å². The van der Waals surface area contributed by atoms with Gasteiger partial charge in [0.05, 0.1) is 61.1 Å². The molecule has 0 radical (unpaired) electrons. The van der Waals surface area contributed by atoms with Gasteiger partial charge in [0.2, 0.25) is 11.9 Å². The number of nitrogens with zero attached hydrogens (tertiary/aromatic N) is 7. The van der Waals surface area contributed by atoms with Crippen LogP contribution in [0.5, 0.6) is 0 Å². The van der Waals surface area contributed by atoms with Gasteiger partial charge in [-0.25, -0.2) is 9.37 Å². The van der Waals surface area contributed by atoms with Crippen LogP contribution in [0.4, 0.5) is 20.3 Å². The lowest BCUT2D eigenvalue weighted by atomic mass is 10.1. The van der Waals surface area contributed by atoms with E-state index in [0.717, 1.165) is 30.1 Å². The number of anilines is 2. The normalized spacial score (nSPS) is 18.0. The summed E-state index contributed by atoms with van der Waals surface area (Å²) in [6, 6.07) is 5.57. The van der Waals surface area contributed by atoms with E-state index in [1.165, 1.54) is 34.8 Å². The van der Waals surface area contributed by atoms with Gasteiger partial charge in [-0.05, 0) is 24.3 Å². The van der Waals surface area contributed by atoms with Crippen molar-refractivity contribution in [2.24, 2.45) is 13.0 Å². The Labute approximate surface area is 259 Å². The smallest absolute Gasteiger partial charge is 0.291 e. The average Bonchev–Trinajstić information content (AvgIpc) is 3.54. The van der Waals surface area contributed by atoms with Crippen LogP contribution >= 0.6 is 11.6 Å². The van der Waals surface area contributed by atoms with Crippen molar-refractivity contribution in [1.82, 2.24) is 24.3 Å². The molecule has 0 spiro atoms. The number of hydrogen-bond donors (Lipinski definition) is 1. The van der Waals surface area contributed by atoms with Crippen LogP contribution in [0.2, 0.25) is 5.02 Å². The van der Waals surface area contributed by atoms with Gasteiger partial charge in [-0.3, -0.25) is 14.4 Å². The van der Waals surface area contributed by atoms with Crippen molar-refractivity contribution in [2.45, 2.75) is 6.42 Å². The summed E-state index contributed by atoms with van der Waals surface area (Å²) < 4.78 is 31.4. The molecule has 2 aliphatic rings. The van der Waals surface area contributed by atoms with Gasteiger partial charge in [-0.2, -0.15) is 9.37 Å². The van der Waals surface area contributed by atoms with Crippen LogP contribution in [-0.4, -0.2) is 114 Å². The predicted octanol–water partition coefficient (Wildman–Crippen LogP) is 3.11. The first-order valence-corrected chi connectivity index (χ1v) is 14.7. The number of carbonyl (C=O) groups excluding carboxylic acids is 3. The average molecular weight is 630 g/mol. The number of benzene rings is 1. The molecule has 5 rings (SSSR count). The molecule has 3 amide bonds. The molecule has 3 aromatic rings. The number of pyridine rings is 1. The number of rotatable bonds is 6. The van der Waals surface area contributed by atoms with Crippen LogP contribution < -0.4 is 10.2 Å². The summed E-state index contributed by atoms with van der Waals surface area (Å²) in [4.78, 5) is 51.9. The van der Waals surface area contributed by atoms with E-state index >= 15 is 0 Å². The maximum absolute atomic E-state index is 14.7. The van der Waals surface area contributed by atoms with Gasteiger partial charge >= 0.3 is 0 Å². The Balaban J connectivity index is 1.22. The lowest BCUT2D eigenvalue weighted by Crippen LogP contribution is -2.52. The third-order valence-corrected chi connectivity index (χ3v) is 8.60. The summed E-state index contributed by atoms with van der Waals surface area (Å²) in [5.41, 5.74) is 0.629. The lowest BCUT2D eigenvalue weighted by Gasteiger charge is -2.36. The van der Waals surface area contributed by atoms with E-state index in [1.54, 1.807) is 25.1 Å². The molecule has 0 aliphatic carbocycles. The minimum atomic E-state index is -0.901. The maximum atomic E-state index is 14.7. The van der Waals surface area contributed by atoms with E-state index in [4.69, 9.17) is 11.6 Å². The molecule has 1 aromatic carbocycles. The number of nitrogens with one attached hydrogen (secondary N) is 1. The van der Waals surface area contributed by atoms with Crippen LogP contribution in [0.1, 0.15) is 27.4 Å². The van der Waals surface area contributed by atoms with Crippen LogP contribution in [0, 0.1) is 17.7 Å². The van der Waals surface area contributed by atoms with E-state index in [1.807, 2.05) is 4.90 Å². The van der Waals surface area contributed by atoms with Crippen molar-refractivity contribution in [1.29, 1.82) is 0 Å². The van der Waals surface area contributed by atoms with Crippen molar-refractivity contribution in [2.75, 3.05) is 77.7 Å². The van der Waals surface area contributed by atoms with Gasteiger partial charge in [0, 0.05) is 59.4 Å². The molecule has 1 N–H and O–H groups in total. The Bertz CT molecular complexity index is 1620. The number of amides is 3. The van der Waals surface area contributed by atoms with Gasteiger partial charge in [0.1, 0.15) is 0 Å². The van der Waals surface area contributed by atoms with E-state index < -0.39 is 17.7 Å². The van der Waals surface area contributed by atoms with Crippen molar-refractivity contribution < 1.29 is 27.6 Å². The maximum Gasteiger partial charge on any atom is 0.291 e. The molecular formula is C30H36ClF2N8O3+. The number of quaternary nitrogens is 1. The fourth-order valence-corrected chi connectivity index (χ4v) is 6.08. The largest absolute Gasteiger partial charge is 0.360 e. The number of hydrogen-bond acceptors (Lipinski definition) is 6. The first kappa shape index (κ1) is 31.3. The molecular weight excluding hydrogens is 594 g/mol. The number of likely N-dealkylation sites (tertiary alicyclic amines) is 1. The lowest BCUT2D eigenvalue weighted by molar-refractivity contribution is -0.878. The second kappa shape index (κ2) is 12.1. The van der Waals surface area contributed by atoms with Crippen molar-refractivity contribution >= 4 is 40.8 Å². The second-order valence-corrected chi connectivity index (χ2v) is 12.6. The number of carbonyl (C=O) groups is 3. The Kier molecular flexibility index (Phi) is 8.63. The topological polar surface area (TPSA) is 104 Å². The number of piperazine rings is 1. The molecule has 11 nitrogen and oxygen atoms in total. The SMILES string of the molecule is CN(C)c1nc(F)c(-c2cnc(C(=O)Nc3ccc(C(=O)N4CCN(C(=O)C5CC[N+](C)(C)C5)CC4)c(Cl)c3)n2C)cc1F. The first-order chi connectivity index (χ1) is 20.8. The molecule has 0 saturated carbocycles. The third-order valence-electron chi connectivity index (χ3n) is 8.28. The van der Waals surface area contributed by atoms with Crippen LogP contribution in [0.3, 0.4) is 0 Å². The second-order valence-electron chi connectivity index (χ2n) is 12.1. The first-order valence-electron chi connectivity index (χ1n) is 14.3. The van der Waals surface area contributed by atoms with Crippen molar-refractivity contribution in [3.63, 3.8) is 0 Å². The minimum absolute atomic E-state index is 0.0256. The summed E-state index contributed by atoms with van der Waals surface area (Å²) in [5.74, 6) is -2.50. The standard InChI is InChI=1S/C30H35ClF2N8O3/c1-37(2)26-23(32)15-21(25(33)36-26)24-16-34-27(38(24)3)28(42)35-19-6-7-20(22(31)14-19)30(44)40-11-9-39(10-12-40)29(43)18-8-13-41(4,5)17-18/h6-7,14-16,18H,8-13,17H2,1-5H3/p+1. The van der Waals surface area contributed by atoms with Gasteiger partial charge < -0.3 is 29.1 Å². The zero-order valence-corrected chi connectivity index (χ0v) is 26.2. The van der Waals surface area contributed by atoms with E-state index in [-0.39, 0.29) is 51.2 Å². The monoisotopic (exact) mass is 629 g/mol. The summed E-state index contributed by atoms with van der Waals surface area (Å²) in [7, 11) is 8.87. The predicted molar refractivity (Wildman–Crippen MR) is 163 cm³/mol. The quantitative estimate of drug-likeness (QED) is 0.332. The highest BCUT2D eigenvalue weighted by Gasteiger charge is 2.38. The van der Waals surface area contributed by atoms with Crippen molar-refractivity contribution in [3.05, 3.63) is 58.6 Å². The molecule has 44 heavy (non-hydrogen) atoms. The van der Waals surface area contributed by atoms with E-state index in [2.05, 4.69) is 29.4 Å². The van der Waals surface area contributed by atoms with Gasteiger partial charge in [-0.15, -0.1) is 0 Å². The molecule has 2 aliphatic heterocycles. The molecule has 0 bridgehead atoms. The molecule has 2 fully saturated rings. The molecule has 2 saturated heterocycles. The highest BCUT2D eigenvalue weighted by Crippen LogP contribution is 2.28. The van der Waals surface area contributed by atoms with Gasteiger partial charge in [0.15, 0.2) is 17.5 Å². The van der Waals surface area contributed by atoms with Crippen LogP contribution in [0.25, 0.3) is 11.3 Å². The van der Waals surface area contributed by atoms with Crippen LogP contribution in [0.15, 0.2) is 30.5 Å². The summed E-state index contributed by atoms with van der Waals surface area (Å²) >= 11 is 6.47. The molecule has 1 unspecified atom stereocenters. The Hall–Kier alpha value is -4.10. The summed E-state index contributed by atoms with van der Waals surface area (Å²) in [5, 5.41) is 2.84. The Morgan fingerprint density at radius 2 is 1.75 bits per heavy atom. The third kappa shape index (κ3) is 6.25. The number of halogens is 3. The summed E-state index contributed by atoms with van der Waals surface area (Å²) in [6.07, 6.45) is 2.14. The number of aromatic nitrogens is 3. The van der Waals surface area contributed by atoms with E-state index in [0.29, 0.717) is 31.9 Å². The zero-order valence-electron chi connectivity index (χ0n) is 25.4. The Morgan fingerprint density at radius 1 is 1.07 bits per heavy atom. The molecule has 1 atom stereocenters. The fraction of sp³-hybridized carbons (Fsp3) is 0.433. The molecule has 14 heteroatoms. The molecule has 2 aromatic heterocycles. The van der Waals surface area contributed by atoms with E-state index in [9.17, 15) is 23.2 Å². The van der Waals surface area contributed by atoms with Crippen LogP contribution in [-0.2, 0) is 11.8 Å². The number of imidazole rings is 1. The molecule has 4 heterocycles. The highest BCUT2D eigenvalue weighted by molar-refractivity contribution is 6.34. The fourth-order valence-electron chi connectivity index (χ4n) is 5.82. The molecule has 234 valence electrons. The summed E-state index contributed by atoms with van der Waals surface area (Å²) in [6.45, 7) is 3.57. The van der Waals surface area contributed by atoms with Gasteiger partial charge in [-0.1, -0.05) is 11.6 Å². The van der Waals surface area contributed by atoms with Crippen molar-refractivity contribution in [3.8, 4) is 11.3 Å². The zero-order chi connectivity index (χ0) is 31.9.